The Kier molecular flexibility index (Phi) is 6.20. The van der Waals surface area contributed by atoms with Crippen molar-refractivity contribution < 1.29 is 18.0 Å². The number of amides is 1. The fourth-order valence-electron chi connectivity index (χ4n) is 2.50. The molecule has 0 aliphatic rings. The van der Waals surface area contributed by atoms with Gasteiger partial charge in [-0.2, -0.15) is 18.2 Å². The topological polar surface area (TPSA) is 78.9 Å². The van der Waals surface area contributed by atoms with Gasteiger partial charge in [-0.15, -0.1) is 0 Å². The van der Waals surface area contributed by atoms with E-state index in [1.165, 1.54) is 18.3 Å². The van der Waals surface area contributed by atoms with Crippen molar-refractivity contribution in [1.29, 1.82) is 0 Å². The molecule has 30 heavy (non-hydrogen) atoms. The van der Waals surface area contributed by atoms with Gasteiger partial charge in [0, 0.05) is 29.2 Å². The number of aromatic nitrogens is 2. The maximum atomic E-state index is 12.9. The molecule has 2 aromatic carbocycles. The van der Waals surface area contributed by atoms with Crippen LogP contribution in [0.1, 0.15) is 19.4 Å². The average Bonchev–Trinajstić information content (AvgIpc) is 2.68. The van der Waals surface area contributed by atoms with E-state index in [0.29, 0.717) is 17.2 Å². The summed E-state index contributed by atoms with van der Waals surface area (Å²) in [4.78, 5) is 20.2. The van der Waals surface area contributed by atoms with Gasteiger partial charge in [0.25, 0.3) is 0 Å². The predicted molar refractivity (Wildman–Crippen MR) is 110 cm³/mol. The van der Waals surface area contributed by atoms with Gasteiger partial charge in [-0.05, 0) is 42.5 Å². The van der Waals surface area contributed by atoms with Crippen molar-refractivity contribution in [2.75, 3.05) is 16.0 Å². The van der Waals surface area contributed by atoms with Crippen LogP contribution in [0.4, 0.5) is 42.0 Å². The fourth-order valence-corrected chi connectivity index (χ4v) is 2.50. The van der Waals surface area contributed by atoms with Crippen molar-refractivity contribution in [3.8, 4) is 0 Å². The first kappa shape index (κ1) is 21.1. The molecule has 0 saturated carbocycles. The monoisotopic (exact) mass is 415 g/mol. The van der Waals surface area contributed by atoms with Gasteiger partial charge < -0.3 is 16.0 Å². The van der Waals surface area contributed by atoms with Crippen LogP contribution in [0.5, 0.6) is 0 Å². The molecule has 0 aliphatic carbocycles. The van der Waals surface area contributed by atoms with Gasteiger partial charge in [-0.3, -0.25) is 4.79 Å². The van der Waals surface area contributed by atoms with Crippen molar-refractivity contribution in [1.82, 2.24) is 9.97 Å². The summed E-state index contributed by atoms with van der Waals surface area (Å²) in [6, 6.07) is 13.4. The molecule has 0 bridgehead atoms. The molecule has 1 heterocycles. The van der Waals surface area contributed by atoms with Crippen molar-refractivity contribution in [3.63, 3.8) is 0 Å². The summed E-state index contributed by atoms with van der Waals surface area (Å²) in [5.41, 5.74) is 0.776. The van der Waals surface area contributed by atoms with Crippen molar-refractivity contribution in [2.24, 2.45) is 5.92 Å². The number of rotatable bonds is 6. The highest BCUT2D eigenvalue weighted by Crippen LogP contribution is 2.31. The Bertz CT molecular complexity index is 1040. The third-order valence-corrected chi connectivity index (χ3v) is 4.03. The summed E-state index contributed by atoms with van der Waals surface area (Å²) >= 11 is 0. The summed E-state index contributed by atoms with van der Waals surface area (Å²) in [6.07, 6.45) is -2.94. The van der Waals surface area contributed by atoms with Gasteiger partial charge in [0.05, 0.1) is 5.56 Å². The normalized spacial score (nSPS) is 11.3. The van der Waals surface area contributed by atoms with Gasteiger partial charge in [0.2, 0.25) is 11.9 Å². The highest BCUT2D eigenvalue weighted by atomic mass is 19.4. The second-order valence-electron chi connectivity index (χ2n) is 6.82. The van der Waals surface area contributed by atoms with Crippen LogP contribution in [0.2, 0.25) is 0 Å². The molecule has 1 amide bonds. The van der Waals surface area contributed by atoms with Crippen LogP contribution in [-0.2, 0) is 11.0 Å². The number of benzene rings is 2. The van der Waals surface area contributed by atoms with Crippen LogP contribution in [0, 0.1) is 5.92 Å². The number of carbonyl (C=O) groups excluding carboxylic acids is 1. The lowest BCUT2D eigenvalue weighted by Gasteiger charge is -2.12. The van der Waals surface area contributed by atoms with Gasteiger partial charge >= 0.3 is 6.18 Å². The standard InChI is InChI=1S/C21H20F3N5O/c1-13(2)19(30)27-16-7-4-8-17(12-16)28-20-25-10-9-18(29-20)26-15-6-3-5-14(11-15)21(22,23)24/h3-13H,1-2H3,(H,27,30)(H2,25,26,28,29). The Balaban J connectivity index is 1.73. The van der Waals surface area contributed by atoms with E-state index in [2.05, 4.69) is 25.9 Å². The van der Waals surface area contributed by atoms with Gasteiger partial charge in [0.1, 0.15) is 5.82 Å². The van der Waals surface area contributed by atoms with Crippen LogP contribution < -0.4 is 16.0 Å². The molecule has 0 unspecified atom stereocenters. The minimum Gasteiger partial charge on any atom is -0.340 e. The smallest absolute Gasteiger partial charge is 0.340 e. The first-order valence-corrected chi connectivity index (χ1v) is 9.16. The van der Waals surface area contributed by atoms with Crippen LogP contribution >= 0.6 is 0 Å². The van der Waals surface area contributed by atoms with Gasteiger partial charge in [0.15, 0.2) is 0 Å². The summed E-state index contributed by atoms with van der Waals surface area (Å²) in [5, 5.41) is 8.66. The van der Waals surface area contributed by atoms with Crippen LogP contribution in [0.15, 0.2) is 60.8 Å². The van der Waals surface area contributed by atoms with E-state index in [1.807, 2.05) is 0 Å². The highest BCUT2D eigenvalue weighted by Gasteiger charge is 2.30. The number of hydrogen-bond donors (Lipinski definition) is 3. The van der Waals surface area contributed by atoms with Gasteiger partial charge in [-0.1, -0.05) is 26.0 Å². The minimum atomic E-state index is -4.42. The maximum Gasteiger partial charge on any atom is 0.416 e. The van der Waals surface area contributed by atoms with E-state index in [4.69, 9.17) is 0 Å². The van der Waals surface area contributed by atoms with Crippen molar-refractivity contribution >= 4 is 34.7 Å². The molecule has 9 heteroatoms. The molecule has 3 rings (SSSR count). The molecule has 0 fully saturated rings. The number of carbonyl (C=O) groups is 1. The lowest BCUT2D eigenvalue weighted by Crippen LogP contribution is -2.17. The van der Waals surface area contributed by atoms with Crippen LogP contribution in [-0.4, -0.2) is 15.9 Å². The van der Waals surface area contributed by atoms with E-state index in [9.17, 15) is 18.0 Å². The van der Waals surface area contributed by atoms with Crippen LogP contribution in [0.3, 0.4) is 0 Å². The summed E-state index contributed by atoms with van der Waals surface area (Å²) in [7, 11) is 0. The van der Waals surface area contributed by atoms with Crippen molar-refractivity contribution in [3.05, 3.63) is 66.4 Å². The highest BCUT2D eigenvalue weighted by molar-refractivity contribution is 5.92. The molecule has 156 valence electrons. The maximum absolute atomic E-state index is 12.9. The second-order valence-corrected chi connectivity index (χ2v) is 6.82. The lowest BCUT2D eigenvalue weighted by molar-refractivity contribution is -0.137. The SMILES string of the molecule is CC(C)C(=O)Nc1cccc(Nc2nccc(Nc3cccc(C(F)(F)F)c3)n2)c1. The number of nitrogens with one attached hydrogen (secondary N) is 3. The first-order chi connectivity index (χ1) is 14.2. The number of halogens is 3. The molecule has 3 aromatic rings. The van der Waals surface area contributed by atoms with E-state index < -0.39 is 11.7 Å². The zero-order valence-electron chi connectivity index (χ0n) is 16.3. The molecule has 0 atom stereocenters. The van der Waals surface area contributed by atoms with Gasteiger partial charge in [-0.25, -0.2) is 4.98 Å². The van der Waals surface area contributed by atoms with E-state index in [-0.39, 0.29) is 23.5 Å². The molecule has 0 spiro atoms. The lowest BCUT2D eigenvalue weighted by atomic mass is 10.2. The number of alkyl halides is 3. The summed E-state index contributed by atoms with van der Waals surface area (Å²) in [6.45, 7) is 3.60. The molecule has 1 aromatic heterocycles. The molecule has 0 aliphatic heterocycles. The third kappa shape index (κ3) is 5.69. The summed E-state index contributed by atoms with van der Waals surface area (Å²) in [5.74, 6) is 0.328. The fraction of sp³-hybridized carbons (Fsp3) is 0.190. The van der Waals surface area contributed by atoms with E-state index in [0.717, 1.165) is 12.1 Å². The van der Waals surface area contributed by atoms with E-state index in [1.54, 1.807) is 44.2 Å². The quantitative estimate of drug-likeness (QED) is 0.490. The molecular formula is C21H20F3N5O. The van der Waals surface area contributed by atoms with Crippen LogP contribution in [0.25, 0.3) is 0 Å². The van der Waals surface area contributed by atoms with Crippen molar-refractivity contribution in [2.45, 2.75) is 20.0 Å². The Hall–Kier alpha value is -3.62. The van der Waals surface area contributed by atoms with E-state index >= 15 is 0 Å². The Labute approximate surface area is 171 Å². The Morgan fingerprint density at radius 2 is 1.60 bits per heavy atom. The predicted octanol–water partition coefficient (Wildman–Crippen LogP) is 5.58. The molecule has 0 radical (unpaired) electrons. The Morgan fingerprint density at radius 1 is 0.933 bits per heavy atom. The summed E-state index contributed by atoms with van der Waals surface area (Å²) < 4.78 is 38.6. The number of hydrogen-bond acceptors (Lipinski definition) is 5. The Morgan fingerprint density at radius 3 is 2.30 bits per heavy atom. The molecular weight excluding hydrogens is 395 g/mol. The zero-order valence-corrected chi connectivity index (χ0v) is 16.3. The average molecular weight is 415 g/mol. The number of anilines is 5. The largest absolute Gasteiger partial charge is 0.416 e. The molecule has 3 N–H and O–H groups in total. The third-order valence-electron chi connectivity index (χ3n) is 4.03. The zero-order chi connectivity index (χ0) is 21.7. The molecule has 6 nitrogen and oxygen atoms in total. The minimum absolute atomic E-state index is 0.101. The first-order valence-electron chi connectivity index (χ1n) is 9.16. The second kappa shape index (κ2) is 8.81. The number of nitrogens with zero attached hydrogens (tertiary/aromatic N) is 2. The molecule has 0 saturated heterocycles.